The molecule has 4 heteroatoms. The molecule has 0 spiro atoms. The second kappa shape index (κ2) is 7.34. The van der Waals surface area contributed by atoms with Gasteiger partial charge in [0.1, 0.15) is 12.4 Å². The van der Waals surface area contributed by atoms with Crippen molar-refractivity contribution in [3.8, 4) is 0 Å². The molecule has 0 aromatic carbocycles. The molecule has 0 aromatic heterocycles. The Bertz CT molecular complexity index is 189. The van der Waals surface area contributed by atoms with Crippen molar-refractivity contribution in [2.75, 3.05) is 13.2 Å². The lowest BCUT2D eigenvalue weighted by Crippen LogP contribution is -2.25. The van der Waals surface area contributed by atoms with Gasteiger partial charge in [-0.05, 0) is 13.3 Å². The predicted octanol–water partition coefficient (Wildman–Crippen LogP) is 1.27. The van der Waals surface area contributed by atoms with Crippen LogP contribution < -0.4 is 5.32 Å². The van der Waals surface area contributed by atoms with Gasteiger partial charge in [-0.15, -0.1) is 0 Å². The molecule has 0 aliphatic rings. The fraction of sp³-hybridized carbons (Fsp3) is 0.556. The number of nitrogens with one attached hydrogen (secondary N) is 1. The van der Waals surface area contributed by atoms with Crippen molar-refractivity contribution in [1.82, 2.24) is 5.32 Å². The van der Waals surface area contributed by atoms with Gasteiger partial charge in [0.25, 0.3) is 0 Å². The fourth-order valence-electron chi connectivity index (χ4n) is 0.713. The summed E-state index contributed by atoms with van der Waals surface area (Å²) in [4.78, 5) is 21.3. The smallest absolute Gasteiger partial charge is 0.407 e. The zero-order valence-corrected chi connectivity index (χ0v) is 7.84. The van der Waals surface area contributed by atoms with Crippen molar-refractivity contribution in [2.45, 2.75) is 19.8 Å². The molecule has 0 radical (unpaired) electrons. The number of carbonyl (C=O) groups is 2. The Morgan fingerprint density at radius 2 is 2.23 bits per heavy atom. The molecule has 0 atom stereocenters. The normalized spacial score (nSPS) is 9.00. The first kappa shape index (κ1) is 11.7. The van der Waals surface area contributed by atoms with E-state index in [9.17, 15) is 9.59 Å². The van der Waals surface area contributed by atoms with Gasteiger partial charge in [0.15, 0.2) is 0 Å². The standard InChI is InChI=1S/C9H15NO3/c1-3-7-13-9(12)10-6-4-5-8(2)11/h3H,1,4-7H2,2H3,(H,10,12). The van der Waals surface area contributed by atoms with Crippen molar-refractivity contribution in [3.63, 3.8) is 0 Å². The molecule has 13 heavy (non-hydrogen) atoms. The monoisotopic (exact) mass is 185 g/mol. The van der Waals surface area contributed by atoms with E-state index in [4.69, 9.17) is 0 Å². The van der Waals surface area contributed by atoms with Crippen LogP contribution in [0.2, 0.25) is 0 Å². The molecule has 0 unspecified atom stereocenters. The van der Waals surface area contributed by atoms with Crippen molar-refractivity contribution in [2.24, 2.45) is 0 Å². The van der Waals surface area contributed by atoms with Crippen LogP contribution in [0.3, 0.4) is 0 Å². The third kappa shape index (κ3) is 8.59. The fourth-order valence-corrected chi connectivity index (χ4v) is 0.713. The van der Waals surface area contributed by atoms with E-state index in [-0.39, 0.29) is 12.4 Å². The van der Waals surface area contributed by atoms with Gasteiger partial charge in [0, 0.05) is 13.0 Å². The van der Waals surface area contributed by atoms with Crippen LogP contribution in [-0.2, 0) is 9.53 Å². The number of hydrogen-bond acceptors (Lipinski definition) is 3. The maximum Gasteiger partial charge on any atom is 0.407 e. The molecule has 0 aromatic rings. The highest BCUT2D eigenvalue weighted by Gasteiger charge is 1.99. The Kier molecular flexibility index (Phi) is 6.59. The maximum absolute atomic E-state index is 10.8. The first-order chi connectivity index (χ1) is 6.16. The van der Waals surface area contributed by atoms with Crippen molar-refractivity contribution in [1.29, 1.82) is 0 Å². The highest BCUT2D eigenvalue weighted by molar-refractivity contribution is 5.75. The largest absolute Gasteiger partial charge is 0.445 e. The summed E-state index contributed by atoms with van der Waals surface area (Å²) in [6, 6.07) is 0. The van der Waals surface area contributed by atoms with Gasteiger partial charge in [0.05, 0.1) is 0 Å². The quantitative estimate of drug-likeness (QED) is 0.500. The van der Waals surface area contributed by atoms with Gasteiger partial charge in [-0.2, -0.15) is 0 Å². The van der Waals surface area contributed by atoms with Gasteiger partial charge in [-0.3, -0.25) is 0 Å². The number of Topliss-reactive ketones (excluding diaryl/α,β-unsaturated/α-hetero) is 1. The van der Waals surface area contributed by atoms with Crippen molar-refractivity contribution >= 4 is 11.9 Å². The van der Waals surface area contributed by atoms with Crippen LogP contribution in [0.5, 0.6) is 0 Å². The summed E-state index contributed by atoms with van der Waals surface area (Å²) >= 11 is 0. The van der Waals surface area contributed by atoms with E-state index < -0.39 is 6.09 Å². The molecule has 0 rings (SSSR count). The van der Waals surface area contributed by atoms with E-state index in [0.717, 1.165) is 0 Å². The summed E-state index contributed by atoms with van der Waals surface area (Å²) in [6.45, 7) is 5.60. The Labute approximate surface area is 78.0 Å². The van der Waals surface area contributed by atoms with Gasteiger partial charge in [-0.1, -0.05) is 12.7 Å². The minimum absolute atomic E-state index is 0.126. The van der Waals surface area contributed by atoms with E-state index in [2.05, 4.69) is 16.6 Å². The second-order valence-electron chi connectivity index (χ2n) is 2.62. The Morgan fingerprint density at radius 3 is 2.77 bits per heavy atom. The van der Waals surface area contributed by atoms with Crippen LogP contribution in [0.15, 0.2) is 12.7 Å². The maximum atomic E-state index is 10.8. The average Bonchev–Trinajstić information content (AvgIpc) is 2.08. The molecule has 0 saturated carbocycles. The topological polar surface area (TPSA) is 55.4 Å². The molecule has 74 valence electrons. The number of alkyl carbamates (subject to hydrolysis) is 1. The number of amides is 1. The Balaban J connectivity index is 3.26. The Morgan fingerprint density at radius 1 is 1.54 bits per heavy atom. The molecule has 0 fully saturated rings. The summed E-state index contributed by atoms with van der Waals surface area (Å²) in [7, 11) is 0. The number of ketones is 1. The lowest BCUT2D eigenvalue weighted by molar-refractivity contribution is -0.117. The van der Waals surface area contributed by atoms with E-state index >= 15 is 0 Å². The molecule has 0 saturated heterocycles. The molecule has 0 heterocycles. The minimum Gasteiger partial charge on any atom is -0.445 e. The highest BCUT2D eigenvalue weighted by Crippen LogP contribution is 1.88. The molecule has 0 bridgehead atoms. The molecule has 4 nitrogen and oxygen atoms in total. The summed E-state index contributed by atoms with van der Waals surface area (Å²) in [6.07, 6.45) is 2.17. The summed E-state index contributed by atoms with van der Waals surface area (Å²) < 4.78 is 4.65. The van der Waals surface area contributed by atoms with Gasteiger partial charge < -0.3 is 14.8 Å². The molecular formula is C9H15NO3. The molecule has 0 aliphatic heterocycles. The lowest BCUT2D eigenvalue weighted by atomic mass is 10.2. The number of hydrogen-bond donors (Lipinski definition) is 1. The van der Waals surface area contributed by atoms with E-state index in [0.29, 0.717) is 19.4 Å². The SMILES string of the molecule is C=CCOC(=O)NCCCC(C)=O. The van der Waals surface area contributed by atoms with Gasteiger partial charge in [0.2, 0.25) is 0 Å². The first-order valence-corrected chi connectivity index (χ1v) is 4.17. The predicted molar refractivity (Wildman–Crippen MR) is 49.5 cm³/mol. The first-order valence-electron chi connectivity index (χ1n) is 4.17. The summed E-state index contributed by atoms with van der Waals surface area (Å²) in [5, 5.41) is 2.51. The third-order valence-electron chi connectivity index (χ3n) is 1.31. The highest BCUT2D eigenvalue weighted by atomic mass is 16.5. The van der Waals surface area contributed by atoms with Crippen LogP contribution in [0.1, 0.15) is 19.8 Å². The van der Waals surface area contributed by atoms with E-state index in [1.807, 2.05) is 0 Å². The summed E-state index contributed by atoms with van der Waals surface area (Å²) in [5.41, 5.74) is 0. The van der Waals surface area contributed by atoms with Crippen LogP contribution in [-0.4, -0.2) is 25.0 Å². The van der Waals surface area contributed by atoms with E-state index in [1.165, 1.54) is 13.0 Å². The Hall–Kier alpha value is -1.32. The number of ether oxygens (including phenoxy) is 1. The van der Waals surface area contributed by atoms with Gasteiger partial charge >= 0.3 is 6.09 Å². The van der Waals surface area contributed by atoms with Crippen LogP contribution in [0.25, 0.3) is 0 Å². The second-order valence-corrected chi connectivity index (χ2v) is 2.62. The van der Waals surface area contributed by atoms with Crippen LogP contribution in [0.4, 0.5) is 4.79 Å². The third-order valence-corrected chi connectivity index (χ3v) is 1.31. The minimum atomic E-state index is -0.469. The van der Waals surface area contributed by atoms with Crippen molar-refractivity contribution in [3.05, 3.63) is 12.7 Å². The average molecular weight is 185 g/mol. The molecule has 1 amide bonds. The van der Waals surface area contributed by atoms with Gasteiger partial charge in [-0.25, -0.2) is 4.79 Å². The van der Waals surface area contributed by atoms with Crippen LogP contribution in [0, 0.1) is 0 Å². The zero-order valence-electron chi connectivity index (χ0n) is 7.84. The molecule has 1 N–H and O–H groups in total. The number of rotatable bonds is 6. The van der Waals surface area contributed by atoms with Crippen molar-refractivity contribution < 1.29 is 14.3 Å². The lowest BCUT2D eigenvalue weighted by Gasteiger charge is -2.03. The summed E-state index contributed by atoms with van der Waals surface area (Å²) in [5.74, 6) is 0.126. The molecular weight excluding hydrogens is 170 g/mol. The van der Waals surface area contributed by atoms with E-state index in [1.54, 1.807) is 0 Å². The number of carbonyl (C=O) groups excluding carboxylic acids is 2. The molecule has 0 aliphatic carbocycles. The van der Waals surface area contributed by atoms with Crippen LogP contribution >= 0.6 is 0 Å². The zero-order chi connectivity index (χ0) is 10.1.